The van der Waals surface area contributed by atoms with Gasteiger partial charge in [-0.25, -0.2) is 0 Å². The van der Waals surface area contributed by atoms with E-state index < -0.39 is 24.7 Å². The van der Waals surface area contributed by atoms with E-state index in [1.54, 1.807) is 0 Å². The highest BCUT2D eigenvalue weighted by Gasteiger charge is 2.56. The first-order valence-electron chi connectivity index (χ1n) is 3.03. The Balaban J connectivity index is 2.70. The van der Waals surface area contributed by atoms with Crippen molar-refractivity contribution in [1.29, 1.82) is 0 Å². The maximum Gasteiger partial charge on any atom is 0.310 e. The molecule has 0 saturated heterocycles. The summed E-state index contributed by atoms with van der Waals surface area (Å²) in [6.45, 7) is 0. The van der Waals surface area contributed by atoms with Crippen LogP contribution in [0.5, 0.6) is 0 Å². The van der Waals surface area contributed by atoms with Crippen LogP contribution in [0.4, 0.5) is 17.6 Å². The minimum absolute atomic E-state index is 0.0859. The quantitative estimate of drug-likeness (QED) is 0.472. The molecule has 59 valence electrons. The molecule has 0 amide bonds. The molecule has 1 aliphatic carbocycles. The lowest BCUT2D eigenvalue weighted by atomic mass is 9.93. The number of hydrogen-bond acceptors (Lipinski definition) is 0. The smallest absolute Gasteiger partial charge is 0.200 e. The SMILES string of the molecule is FC1(F)C[CH]CCC1(F)F. The van der Waals surface area contributed by atoms with Crippen molar-refractivity contribution < 1.29 is 17.6 Å². The van der Waals surface area contributed by atoms with E-state index in [2.05, 4.69) is 0 Å². The topological polar surface area (TPSA) is 0 Å². The van der Waals surface area contributed by atoms with Crippen LogP contribution in [0.3, 0.4) is 0 Å². The molecular weight excluding hydrogens is 148 g/mol. The summed E-state index contributed by atoms with van der Waals surface area (Å²) in [7, 11) is 0. The zero-order valence-electron chi connectivity index (χ0n) is 5.21. The molecule has 0 atom stereocenters. The van der Waals surface area contributed by atoms with E-state index in [0.717, 1.165) is 0 Å². The van der Waals surface area contributed by atoms with Gasteiger partial charge >= 0.3 is 11.8 Å². The Labute approximate surface area is 56.2 Å². The van der Waals surface area contributed by atoms with Crippen LogP contribution in [0, 0.1) is 6.42 Å². The summed E-state index contributed by atoms with van der Waals surface area (Å²) < 4.78 is 48.8. The first-order chi connectivity index (χ1) is 4.46. The summed E-state index contributed by atoms with van der Waals surface area (Å²) in [5, 5.41) is 0. The number of rotatable bonds is 0. The Bertz CT molecular complexity index is 114. The van der Waals surface area contributed by atoms with E-state index in [9.17, 15) is 17.6 Å². The van der Waals surface area contributed by atoms with Gasteiger partial charge in [0, 0.05) is 12.8 Å². The van der Waals surface area contributed by atoms with Crippen molar-refractivity contribution in [3.05, 3.63) is 6.42 Å². The molecule has 0 bridgehead atoms. The van der Waals surface area contributed by atoms with Crippen molar-refractivity contribution in [3.63, 3.8) is 0 Å². The van der Waals surface area contributed by atoms with Gasteiger partial charge in [-0.05, 0) is 12.8 Å². The van der Waals surface area contributed by atoms with E-state index >= 15 is 0 Å². The second-order valence-corrected chi connectivity index (χ2v) is 2.44. The van der Waals surface area contributed by atoms with E-state index in [4.69, 9.17) is 0 Å². The molecule has 1 radical (unpaired) electrons. The van der Waals surface area contributed by atoms with Crippen LogP contribution < -0.4 is 0 Å². The zero-order valence-corrected chi connectivity index (χ0v) is 5.21. The van der Waals surface area contributed by atoms with Gasteiger partial charge < -0.3 is 0 Å². The molecule has 0 aromatic carbocycles. The molecule has 1 rings (SSSR count). The van der Waals surface area contributed by atoms with E-state index in [1.807, 2.05) is 0 Å². The molecule has 10 heavy (non-hydrogen) atoms. The lowest BCUT2D eigenvalue weighted by molar-refractivity contribution is -0.220. The highest BCUT2D eigenvalue weighted by Crippen LogP contribution is 2.44. The molecule has 0 aliphatic heterocycles. The van der Waals surface area contributed by atoms with E-state index in [0.29, 0.717) is 0 Å². The molecule has 0 nitrogen and oxygen atoms in total. The molecule has 1 saturated carbocycles. The molecule has 0 N–H and O–H groups in total. The summed E-state index contributed by atoms with van der Waals surface area (Å²) in [4.78, 5) is 0. The van der Waals surface area contributed by atoms with E-state index in [-0.39, 0.29) is 6.42 Å². The fourth-order valence-electron chi connectivity index (χ4n) is 0.899. The fraction of sp³-hybridized carbons (Fsp3) is 0.833. The predicted molar refractivity (Wildman–Crippen MR) is 28.0 cm³/mol. The molecule has 0 heterocycles. The van der Waals surface area contributed by atoms with Crippen LogP contribution in [0.1, 0.15) is 19.3 Å². The van der Waals surface area contributed by atoms with Crippen LogP contribution >= 0.6 is 0 Å². The van der Waals surface area contributed by atoms with Crippen LogP contribution in [0.15, 0.2) is 0 Å². The molecule has 4 heteroatoms. The third-order valence-corrected chi connectivity index (χ3v) is 1.60. The average Bonchev–Trinajstić information content (AvgIpc) is 1.77. The Kier molecular flexibility index (Phi) is 1.65. The van der Waals surface area contributed by atoms with Crippen molar-refractivity contribution in [1.82, 2.24) is 0 Å². The molecule has 0 unspecified atom stereocenters. The van der Waals surface area contributed by atoms with Gasteiger partial charge in [-0.15, -0.1) is 0 Å². The Morgan fingerprint density at radius 1 is 1.00 bits per heavy atom. The molecule has 0 aromatic heterocycles. The van der Waals surface area contributed by atoms with Crippen molar-refractivity contribution in [2.24, 2.45) is 0 Å². The first kappa shape index (κ1) is 7.82. The second-order valence-electron chi connectivity index (χ2n) is 2.44. The van der Waals surface area contributed by atoms with Gasteiger partial charge in [0.15, 0.2) is 0 Å². The van der Waals surface area contributed by atoms with Crippen LogP contribution in [-0.4, -0.2) is 11.8 Å². The van der Waals surface area contributed by atoms with Gasteiger partial charge in [-0.2, -0.15) is 17.6 Å². The standard InChI is InChI=1S/C6H7F4/c7-5(8)3-1-2-4-6(5,9)10/h1H,2-4H2. The Morgan fingerprint density at radius 3 is 1.90 bits per heavy atom. The van der Waals surface area contributed by atoms with Gasteiger partial charge in [0.2, 0.25) is 0 Å². The molecule has 0 spiro atoms. The maximum absolute atomic E-state index is 12.2. The van der Waals surface area contributed by atoms with Gasteiger partial charge in [0.1, 0.15) is 0 Å². The van der Waals surface area contributed by atoms with Crippen molar-refractivity contribution in [2.75, 3.05) is 0 Å². The minimum atomic E-state index is -3.81. The summed E-state index contributed by atoms with van der Waals surface area (Å²) in [5.74, 6) is -7.60. The number of hydrogen-bond donors (Lipinski definition) is 0. The van der Waals surface area contributed by atoms with Crippen LogP contribution in [0.25, 0.3) is 0 Å². The zero-order chi connectivity index (χ0) is 7.83. The largest absolute Gasteiger partial charge is 0.310 e. The molecule has 1 aliphatic rings. The number of alkyl halides is 4. The summed E-state index contributed by atoms with van der Waals surface area (Å²) in [6.07, 6.45) is -0.222. The molecular formula is C6H7F4. The molecule has 1 fully saturated rings. The van der Waals surface area contributed by atoms with Gasteiger partial charge in [-0.1, -0.05) is 0 Å². The summed E-state index contributed by atoms with van der Waals surface area (Å²) >= 11 is 0. The normalized spacial score (nSPS) is 30.0. The molecule has 0 aromatic rings. The minimum Gasteiger partial charge on any atom is -0.200 e. The maximum atomic E-state index is 12.2. The number of halogens is 4. The highest BCUT2D eigenvalue weighted by molar-refractivity contribution is 4.95. The van der Waals surface area contributed by atoms with Crippen molar-refractivity contribution in [3.8, 4) is 0 Å². The summed E-state index contributed by atoms with van der Waals surface area (Å²) in [6, 6.07) is 0. The van der Waals surface area contributed by atoms with Crippen molar-refractivity contribution >= 4 is 0 Å². The Morgan fingerprint density at radius 2 is 1.60 bits per heavy atom. The second kappa shape index (κ2) is 2.10. The van der Waals surface area contributed by atoms with E-state index in [1.165, 1.54) is 6.42 Å². The van der Waals surface area contributed by atoms with Gasteiger partial charge in [-0.3, -0.25) is 0 Å². The van der Waals surface area contributed by atoms with Gasteiger partial charge in [0.25, 0.3) is 0 Å². The lowest BCUT2D eigenvalue weighted by Crippen LogP contribution is -2.43. The monoisotopic (exact) mass is 155 g/mol. The van der Waals surface area contributed by atoms with Crippen LogP contribution in [-0.2, 0) is 0 Å². The van der Waals surface area contributed by atoms with Crippen molar-refractivity contribution in [2.45, 2.75) is 31.1 Å². The van der Waals surface area contributed by atoms with Crippen LogP contribution in [0.2, 0.25) is 0 Å². The first-order valence-corrected chi connectivity index (χ1v) is 3.03. The predicted octanol–water partition coefficient (Wildman–Crippen LogP) is 2.65. The highest BCUT2D eigenvalue weighted by atomic mass is 19.3. The summed E-state index contributed by atoms with van der Waals surface area (Å²) in [5.41, 5.74) is 0. The third-order valence-electron chi connectivity index (χ3n) is 1.60. The fourth-order valence-corrected chi connectivity index (χ4v) is 0.899. The van der Waals surface area contributed by atoms with Gasteiger partial charge in [0.05, 0.1) is 0 Å². The lowest BCUT2D eigenvalue weighted by Gasteiger charge is -2.30. The Hall–Kier alpha value is -0.280. The average molecular weight is 155 g/mol. The third kappa shape index (κ3) is 1.11.